The van der Waals surface area contributed by atoms with E-state index in [-0.39, 0.29) is 11.5 Å². The fourth-order valence-electron chi connectivity index (χ4n) is 9.30. The molecule has 5 fully saturated rings. The Morgan fingerprint density at radius 3 is 2.67 bits per heavy atom. The quantitative estimate of drug-likeness (QED) is 0.716. The summed E-state index contributed by atoms with van der Waals surface area (Å²) >= 11 is 0. The smallest absolute Gasteiger partial charge is 0.101 e. The average Bonchev–Trinajstić information content (AvgIpc) is 3.03. The van der Waals surface area contributed by atoms with Crippen molar-refractivity contribution in [2.45, 2.75) is 64.9 Å². The number of hydrogen-bond acceptors (Lipinski definition) is 2. The van der Waals surface area contributed by atoms with Crippen molar-refractivity contribution in [3.05, 3.63) is 0 Å². The zero-order valence-electron chi connectivity index (χ0n) is 15.6. The summed E-state index contributed by atoms with van der Waals surface area (Å²) in [4.78, 5) is 1.65. The van der Waals surface area contributed by atoms with Gasteiger partial charge in [-0.3, -0.25) is 0 Å². The fraction of sp³-hybridized carbons (Fsp3) is 1.00. The maximum atomic E-state index is 11.1. The first-order chi connectivity index (χ1) is 11.5. The zero-order chi connectivity index (χ0) is 16.7. The van der Waals surface area contributed by atoms with E-state index >= 15 is 0 Å². The first-order valence-electron chi connectivity index (χ1n) is 10.6. The van der Waals surface area contributed by atoms with Crippen molar-refractivity contribution in [1.82, 2.24) is 0 Å². The summed E-state index contributed by atoms with van der Waals surface area (Å²) in [6, 6.07) is 0. The molecule has 1 unspecified atom stereocenters. The summed E-state index contributed by atoms with van der Waals surface area (Å²) in [5, 5.41) is 20.7. The van der Waals surface area contributed by atoms with Gasteiger partial charge in [-0.25, -0.2) is 0 Å². The molecule has 0 aromatic heterocycles. The van der Waals surface area contributed by atoms with Crippen LogP contribution in [0.5, 0.6) is 0 Å². The van der Waals surface area contributed by atoms with Gasteiger partial charge in [0, 0.05) is 16.2 Å². The maximum absolute atomic E-state index is 11.1. The topological polar surface area (TPSA) is 44.9 Å². The summed E-state index contributed by atoms with van der Waals surface area (Å²) in [5.74, 6) is 2.93. The molecule has 4 saturated carbocycles. The summed E-state index contributed by atoms with van der Waals surface area (Å²) < 4.78 is 0. The Morgan fingerprint density at radius 2 is 1.92 bits per heavy atom. The molecule has 1 aliphatic heterocycles. The minimum Gasteiger partial charge on any atom is -0.392 e. The van der Waals surface area contributed by atoms with Gasteiger partial charge in [0.05, 0.1) is 25.8 Å². The molecule has 3 heteroatoms. The summed E-state index contributed by atoms with van der Waals surface area (Å²) in [7, 11) is 0. The molecule has 0 aromatic carbocycles. The highest BCUT2D eigenvalue weighted by Crippen LogP contribution is 2.74. The Hall–Kier alpha value is -0.120. The normalized spacial score (nSPS) is 61.5. The first kappa shape index (κ1) is 16.1. The second-order valence-corrected chi connectivity index (χ2v) is 10.7. The number of aliphatic hydroxyl groups excluding tert-OH is 2. The summed E-state index contributed by atoms with van der Waals surface area (Å²) in [6.07, 6.45) is 9.46. The molecule has 0 aromatic rings. The standard InChI is InChI=1S/C21H35NO2/c1-14-15-10-17-20(11-15,18(14)24)7-4-16-19(2)5-3-6-21(16,17)13-22(12-19)8-9-23/h14-18,23-24H,3-13H2,1-2H3/p+1/t14-,15-,16+,17+,18+,19+,20-,21+/m1/s1. The van der Waals surface area contributed by atoms with Crippen LogP contribution in [0.3, 0.4) is 0 Å². The van der Waals surface area contributed by atoms with Crippen molar-refractivity contribution < 1.29 is 15.1 Å². The minimum atomic E-state index is -0.0482. The Labute approximate surface area is 146 Å². The van der Waals surface area contributed by atoms with Gasteiger partial charge in [-0.15, -0.1) is 0 Å². The lowest BCUT2D eigenvalue weighted by atomic mass is 9.40. The molecule has 0 radical (unpaired) electrons. The van der Waals surface area contributed by atoms with E-state index in [1.54, 1.807) is 4.90 Å². The third-order valence-corrected chi connectivity index (χ3v) is 9.92. The first-order valence-corrected chi connectivity index (χ1v) is 10.6. The van der Waals surface area contributed by atoms with Gasteiger partial charge < -0.3 is 15.1 Å². The molecular formula is C21H36NO2+. The van der Waals surface area contributed by atoms with Crippen LogP contribution < -0.4 is 4.90 Å². The van der Waals surface area contributed by atoms with Crippen molar-refractivity contribution in [3.63, 3.8) is 0 Å². The number of nitrogens with one attached hydrogen (secondary N) is 1. The van der Waals surface area contributed by atoms with E-state index in [0.29, 0.717) is 23.4 Å². The molecule has 3 nitrogen and oxygen atoms in total. The van der Waals surface area contributed by atoms with Crippen molar-refractivity contribution in [2.75, 3.05) is 26.2 Å². The van der Waals surface area contributed by atoms with E-state index in [0.717, 1.165) is 24.3 Å². The number of likely N-dealkylation sites (tertiary alicyclic amines) is 1. The Morgan fingerprint density at radius 1 is 1.08 bits per heavy atom. The van der Waals surface area contributed by atoms with Gasteiger partial charge in [0.25, 0.3) is 0 Å². The van der Waals surface area contributed by atoms with Crippen molar-refractivity contribution in [2.24, 2.45) is 39.9 Å². The molecule has 136 valence electrons. The third kappa shape index (κ3) is 1.75. The molecule has 4 bridgehead atoms. The minimum absolute atomic E-state index is 0.0482. The van der Waals surface area contributed by atoms with Gasteiger partial charge in [-0.1, -0.05) is 20.3 Å². The zero-order valence-corrected chi connectivity index (χ0v) is 15.6. The predicted octanol–water partition coefficient (Wildman–Crippen LogP) is 1.49. The van der Waals surface area contributed by atoms with Gasteiger partial charge in [-0.05, 0) is 62.2 Å². The van der Waals surface area contributed by atoms with Crippen molar-refractivity contribution >= 4 is 0 Å². The molecule has 1 heterocycles. The van der Waals surface area contributed by atoms with E-state index in [2.05, 4.69) is 13.8 Å². The van der Waals surface area contributed by atoms with Gasteiger partial charge in [-0.2, -0.15) is 0 Å². The number of piperidine rings is 1. The molecule has 1 saturated heterocycles. The molecule has 3 N–H and O–H groups in total. The van der Waals surface area contributed by atoms with Crippen LogP contribution in [0.1, 0.15) is 58.8 Å². The maximum Gasteiger partial charge on any atom is 0.101 e. The molecular weight excluding hydrogens is 298 g/mol. The molecule has 1 spiro atoms. The Balaban J connectivity index is 1.57. The van der Waals surface area contributed by atoms with Gasteiger partial charge in [0.2, 0.25) is 0 Å². The van der Waals surface area contributed by atoms with Crippen molar-refractivity contribution in [3.8, 4) is 0 Å². The SMILES string of the molecule is C[C@@H]1[C@@H]2C[C@H]3[C@@](CC[C@H]4[C@@]5(C)CCC[C@@]34C[NH+](CCO)C5)(C2)[C@H]1O. The van der Waals surface area contributed by atoms with Gasteiger partial charge >= 0.3 is 0 Å². The number of quaternary nitrogens is 1. The fourth-order valence-corrected chi connectivity index (χ4v) is 9.30. The van der Waals surface area contributed by atoms with Crippen LogP contribution >= 0.6 is 0 Å². The number of hydrogen-bond donors (Lipinski definition) is 3. The Kier molecular flexibility index (Phi) is 3.34. The third-order valence-electron chi connectivity index (χ3n) is 9.92. The van der Waals surface area contributed by atoms with Crippen LogP contribution in [-0.2, 0) is 0 Å². The van der Waals surface area contributed by atoms with E-state index in [1.807, 2.05) is 0 Å². The van der Waals surface area contributed by atoms with Crippen LogP contribution in [0, 0.1) is 39.9 Å². The van der Waals surface area contributed by atoms with Crippen molar-refractivity contribution in [1.29, 1.82) is 0 Å². The van der Waals surface area contributed by atoms with E-state index in [1.165, 1.54) is 58.0 Å². The monoisotopic (exact) mass is 334 g/mol. The molecule has 5 aliphatic rings. The number of aliphatic hydroxyl groups is 2. The summed E-state index contributed by atoms with van der Waals surface area (Å²) in [6.45, 7) is 8.65. The van der Waals surface area contributed by atoms with Gasteiger partial charge in [0.15, 0.2) is 0 Å². The van der Waals surface area contributed by atoms with Crippen LogP contribution in [0.2, 0.25) is 0 Å². The molecule has 4 aliphatic carbocycles. The molecule has 0 amide bonds. The van der Waals surface area contributed by atoms with Gasteiger partial charge in [0.1, 0.15) is 6.54 Å². The molecule has 9 atom stereocenters. The highest BCUT2D eigenvalue weighted by atomic mass is 16.3. The molecule has 5 rings (SSSR count). The highest BCUT2D eigenvalue weighted by molar-refractivity contribution is 5.20. The van der Waals surface area contributed by atoms with Crippen LogP contribution in [-0.4, -0.2) is 42.6 Å². The Bertz CT molecular complexity index is 538. The number of rotatable bonds is 2. The second kappa shape index (κ2) is 4.98. The van der Waals surface area contributed by atoms with E-state index in [9.17, 15) is 10.2 Å². The number of fused-ring (bicyclic) bond motifs is 1. The van der Waals surface area contributed by atoms with Crippen LogP contribution in [0.4, 0.5) is 0 Å². The van der Waals surface area contributed by atoms with E-state index in [4.69, 9.17) is 0 Å². The lowest BCUT2D eigenvalue weighted by Crippen LogP contribution is -3.17. The van der Waals surface area contributed by atoms with Crippen LogP contribution in [0.25, 0.3) is 0 Å². The highest BCUT2D eigenvalue weighted by Gasteiger charge is 2.73. The lowest BCUT2D eigenvalue weighted by molar-refractivity contribution is -0.926. The predicted molar refractivity (Wildman–Crippen MR) is 93.6 cm³/mol. The summed E-state index contributed by atoms with van der Waals surface area (Å²) in [5.41, 5.74) is 1.19. The largest absolute Gasteiger partial charge is 0.392 e. The average molecular weight is 335 g/mol. The molecule has 24 heavy (non-hydrogen) atoms. The second-order valence-electron chi connectivity index (χ2n) is 10.7. The van der Waals surface area contributed by atoms with E-state index < -0.39 is 0 Å². The van der Waals surface area contributed by atoms with Crippen LogP contribution in [0.15, 0.2) is 0 Å². The lowest BCUT2D eigenvalue weighted by Gasteiger charge is -2.67.